The van der Waals surface area contributed by atoms with Crippen LogP contribution in [0.1, 0.15) is 70.2 Å². The van der Waals surface area contributed by atoms with Crippen molar-refractivity contribution in [1.29, 1.82) is 0 Å². The lowest BCUT2D eigenvalue weighted by Crippen LogP contribution is -2.53. The average Bonchev–Trinajstić information content (AvgIpc) is 3.36. The van der Waals surface area contributed by atoms with E-state index in [2.05, 4.69) is 0 Å². The molecule has 1 aromatic heterocycles. The third-order valence-electron chi connectivity index (χ3n) is 7.42. The molecular weight excluding hydrogens is 522 g/mol. The molecule has 1 saturated carbocycles. The standard InChI is InChI=1S/C27H35N5O5.2C2H6/c1-7-30(8-2)22-11-9-17(13-23(22)32(33)34)24-26(36-5)25(27(24)37-6)19-15-31(29-16(19)3)21-12-10-18(35-4)14-20(21)28;2*1-2/h9-15,24-27H,7-8,28H2,1-6H3;2*1-2H3. The summed E-state index contributed by atoms with van der Waals surface area (Å²) in [7, 11) is 4.92. The van der Waals surface area contributed by atoms with E-state index < -0.39 is 0 Å². The van der Waals surface area contributed by atoms with Crippen LogP contribution in [-0.2, 0) is 9.47 Å². The molecule has 0 spiro atoms. The zero-order valence-electron chi connectivity index (χ0n) is 26.2. The van der Waals surface area contributed by atoms with Gasteiger partial charge in [0.1, 0.15) is 11.4 Å². The number of anilines is 2. The van der Waals surface area contributed by atoms with Gasteiger partial charge in [-0.15, -0.1) is 0 Å². The van der Waals surface area contributed by atoms with Crippen LogP contribution in [0.3, 0.4) is 0 Å². The first kappa shape index (κ1) is 33.6. The molecule has 2 aromatic carbocycles. The Morgan fingerprint density at radius 3 is 2.07 bits per heavy atom. The van der Waals surface area contributed by atoms with Crippen LogP contribution in [0.15, 0.2) is 42.6 Å². The molecule has 0 amide bonds. The summed E-state index contributed by atoms with van der Waals surface area (Å²) in [5, 5.41) is 16.7. The molecule has 4 rings (SSSR count). The van der Waals surface area contributed by atoms with Crippen molar-refractivity contribution in [3.8, 4) is 11.4 Å². The quantitative estimate of drug-likeness (QED) is 0.167. The van der Waals surface area contributed by atoms with Gasteiger partial charge in [-0.05, 0) is 44.5 Å². The molecule has 10 nitrogen and oxygen atoms in total. The van der Waals surface area contributed by atoms with Gasteiger partial charge < -0.3 is 24.8 Å². The zero-order valence-corrected chi connectivity index (χ0v) is 26.2. The fraction of sp³-hybridized carbons (Fsp3) is 0.516. The van der Waals surface area contributed by atoms with E-state index in [4.69, 9.17) is 25.0 Å². The molecule has 0 saturated heterocycles. The Kier molecular flexibility index (Phi) is 12.6. The summed E-state index contributed by atoms with van der Waals surface area (Å²) in [4.78, 5) is 13.6. The van der Waals surface area contributed by atoms with Gasteiger partial charge in [-0.1, -0.05) is 33.8 Å². The van der Waals surface area contributed by atoms with Gasteiger partial charge in [-0.2, -0.15) is 5.10 Å². The number of ether oxygens (including phenoxy) is 3. The first-order valence-electron chi connectivity index (χ1n) is 14.4. The molecule has 41 heavy (non-hydrogen) atoms. The molecule has 1 aliphatic carbocycles. The lowest BCUT2D eigenvalue weighted by molar-refractivity contribution is -0.384. The Labute approximate surface area is 244 Å². The lowest BCUT2D eigenvalue weighted by Gasteiger charge is -2.50. The zero-order chi connectivity index (χ0) is 30.9. The monoisotopic (exact) mass is 569 g/mol. The van der Waals surface area contributed by atoms with Crippen molar-refractivity contribution >= 4 is 17.1 Å². The van der Waals surface area contributed by atoms with Crippen LogP contribution in [0.4, 0.5) is 17.1 Å². The van der Waals surface area contributed by atoms with Crippen LogP contribution in [0.25, 0.3) is 5.69 Å². The third kappa shape index (κ3) is 6.65. The van der Waals surface area contributed by atoms with Crippen molar-refractivity contribution in [2.24, 2.45) is 0 Å². The van der Waals surface area contributed by atoms with Gasteiger partial charge in [0.05, 0.1) is 41.3 Å². The van der Waals surface area contributed by atoms with Gasteiger partial charge in [-0.25, -0.2) is 4.68 Å². The summed E-state index contributed by atoms with van der Waals surface area (Å²) >= 11 is 0. The van der Waals surface area contributed by atoms with Crippen LogP contribution in [0, 0.1) is 17.0 Å². The van der Waals surface area contributed by atoms with Crippen LogP contribution < -0.4 is 15.4 Å². The van der Waals surface area contributed by atoms with Crippen LogP contribution >= 0.6 is 0 Å². The van der Waals surface area contributed by atoms with E-state index in [-0.39, 0.29) is 34.7 Å². The number of aromatic nitrogens is 2. The van der Waals surface area contributed by atoms with E-state index in [0.717, 1.165) is 22.5 Å². The maximum atomic E-state index is 12.0. The second-order valence-electron chi connectivity index (χ2n) is 9.17. The highest BCUT2D eigenvalue weighted by atomic mass is 16.6. The van der Waals surface area contributed by atoms with Crippen molar-refractivity contribution in [3.63, 3.8) is 0 Å². The van der Waals surface area contributed by atoms with E-state index in [9.17, 15) is 10.1 Å². The number of nitrogen functional groups attached to an aromatic ring is 1. The average molecular weight is 570 g/mol. The number of nitro groups is 1. The molecule has 0 aliphatic heterocycles. The topological polar surface area (TPSA) is 118 Å². The molecule has 2 N–H and O–H groups in total. The van der Waals surface area contributed by atoms with Crippen LogP contribution in [0.2, 0.25) is 0 Å². The molecule has 1 heterocycles. The minimum Gasteiger partial charge on any atom is -0.497 e. The molecule has 1 fully saturated rings. The minimum atomic E-state index is -0.315. The Balaban J connectivity index is 0.00000141. The molecule has 0 bridgehead atoms. The first-order valence-corrected chi connectivity index (χ1v) is 14.4. The Bertz CT molecular complexity index is 1260. The van der Waals surface area contributed by atoms with E-state index >= 15 is 0 Å². The number of methoxy groups -OCH3 is 3. The van der Waals surface area contributed by atoms with E-state index in [1.807, 2.05) is 83.8 Å². The summed E-state index contributed by atoms with van der Waals surface area (Å²) in [5.74, 6) is 0.403. The Hall–Kier alpha value is -3.63. The van der Waals surface area contributed by atoms with Gasteiger partial charge in [0.2, 0.25) is 0 Å². The van der Waals surface area contributed by atoms with E-state index in [1.165, 1.54) is 0 Å². The number of nitro benzene ring substituents is 1. The molecule has 2 atom stereocenters. The van der Waals surface area contributed by atoms with Crippen molar-refractivity contribution in [1.82, 2.24) is 9.78 Å². The fourth-order valence-corrected chi connectivity index (χ4v) is 5.51. The maximum Gasteiger partial charge on any atom is 0.292 e. The van der Waals surface area contributed by atoms with Gasteiger partial charge in [-0.3, -0.25) is 10.1 Å². The largest absolute Gasteiger partial charge is 0.497 e. The molecule has 10 heteroatoms. The molecular formula is C31H47N5O5. The fourth-order valence-electron chi connectivity index (χ4n) is 5.51. The van der Waals surface area contributed by atoms with Crippen molar-refractivity contribution in [3.05, 3.63) is 69.5 Å². The summed E-state index contributed by atoms with van der Waals surface area (Å²) in [6, 6.07) is 10.9. The third-order valence-corrected chi connectivity index (χ3v) is 7.42. The maximum absolute atomic E-state index is 12.0. The predicted octanol–water partition coefficient (Wildman–Crippen LogP) is 6.49. The van der Waals surface area contributed by atoms with Crippen molar-refractivity contribution in [2.45, 2.75) is 72.5 Å². The summed E-state index contributed by atoms with van der Waals surface area (Å²) in [6.07, 6.45) is 1.47. The summed E-state index contributed by atoms with van der Waals surface area (Å²) in [6.45, 7) is 15.3. The highest BCUT2D eigenvalue weighted by Crippen LogP contribution is 2.52. The second kappa shape index (κ2) is 15.4. The van der Waals surface area contributed by atoms with Crippen molar-refractivity contribution < 1.29 is 19.1 Å². The number of nitrogens with two attached hydrogens (primary N) is 1. The van der Waals surface area contributed by atoms with Gasteiger partial charge >= 0.3 is 0 Å². The number of aryl methyl sites for hydroxylation is 1. The number of rotatable bonds is 10. The minimum absolute atomic E-state index is 0.0911. The van der Waals surface area contributed by atoms with E-state index in [1.54, 1.807) is 38.1 Å². The van der Waals surface area contributed by atoms with Crippen LogP contribution in [-0.4, -0.2) is 61.3 Å². The van der Waals surface area contributed by atoms with Gasteiger partial charge in [0.25, 0.3) is 5.69 Å². The van der Waals surface area contributed by atoms with Gasteiger partial charge in [0, 0.05) is 63.0 Å². The summed E-state index contributed by atoms with van der Waals surface area (Å²) in [5.41, 5.74) is 10.9. The van der Waals surface area contributed by atoms with Crippen molar-refractivity contribution in [2.75, 3.05) is 45.1 Å². The number of nitrogens with zero attached hydrogens (tertiary/aromatic N) is 4. The van der Waals surface area contributed by atoms with E-state index in [0.29, 0.717) is 30.2 Å². The highest BCUT2D eigenvalue weighted by Gasteiger charge is 2.54. The Morgan fingerprint density at radius 1 is 0.976 bits per heavy atom. The van der Waals surface area contributed by atoms with Gasteiger partial charge in [0.15, 0.2) is 0 Å². The molecule has 2 unspecified atom stereocenters. The number of hydrogen-bond acceptors (Lipinski definition) is 8. The lowest BCUT2D eigenvalue weighted by atomic mass is 9.63. The number of benzene rings is 2. The van der Waals surface area contributed by atoms with Crippen LogP contribution in [0.5, 0.6) is 5.75 Å². The normalized spacial score (nSPS) is 19.2. The predicted molar refractivity (Wildman–Crippen MR) is 166 cm³/mol. The molecule has 0 radical (unpaired) electrons. The smallest absolute Gasteiger partial charge is 0.292 e. The second-order valence-corrected chi connectivity index (χ2v) is 9.17. The Morgan fingerprint density at radius 2 is 1.59 bits per heavy atom. The molecule has 3 aromatic rings. The molecule has 226 valence electrons. The summed E-state index contributed by atoms with van der Waals surface area (Å²) < 4.78 is 18.9. The highest BCUT2D eigenvalue weighted by molar-refractivity contribution is 5.65. The SMILES string of the molecule is CC.CC.CCN(CC)c1ccc(C2C(OC)C(c3cn(-c4ccc(OC)cc4N)nc3C)C2OC)cc1[N+](=O)[O-]. The molecule has 1 aliphatic rings. The first-order chi connectivity index (χ1) is 19.8. The number of hydrogen-bond donors (Lipinski definition) is 1.